The number of likely N-dealkylation sites (tertiary alicyclic amines) is 1. The second-order valence-electron chi connectivity index (χ2n) is 7.59. The van der Waals surface area contributed by atoms with Gasteiger partial charge in [0.05, 0.1) is 12.6 Å². The zero-order chi connectivity index (χ0) is 23.2. The van der Waals surface area contributed by atoms with E-state index in [1.807, 2.05) is 17.1 Å². The lowest BCUT2D eigenvalue weighted by Gasteiger charge is -2.27. The van der Waals surface area contributed by atoms with Gasteiger partial charge in [0.2, 0.25) is 12.1 Å². The van der Waals surface area contributed by atoms with Crippen LogP contribution in [0.4, 0.5) is 0 Å². The molecule has 1 saturated heterocycles. The first-order valence-electron chi connectivity index (χ1n) is 10.6. The van der Waals surface area contributed by atoms with Gasteiger partial charge in [-0.25, -0.2) is 4.57 Å². The number of nitrogens with zero attached hydrogens (tertiary/aromatic N) is 3. The van der Waals surface area contributed by atoms with Crippen LogP contribution in [0.3, 0.4) is 0 Å². The predicted molar refractivity (Wildman–Crippen MR) is 118 cm³/mol. The number of carbonyl (C=O) groups excluding carboxylic acids is 2. The molecule has 0 aliphatic carbocycles. The fourth-order valence-electron chi connectivity index (χ4n) is 3.88. The van der Waals surface area contributed by atoms with Crippen molar-refractivity contribution in [1.82, 2.24) is 14.9 Å². The highest BCUT2D eigenvalue weighted by Crippen LogP contribution is 2.38. The maximum Gasteiger partial charge on any atom is 0.295 e. The van der Waals surface area contributed by atoms with Crippen LogP contribution in [0.1, 0.15) is 23.6 Å². The molecule has 0 radical (unpaired) electrons. The Morgan fingerprint density at radius 3 is 2.76 bits per heavy atom. The summed E-state index contributed by atoms with van der Waals surface area (Å²) in [7, 11) is 0. The van der Waals surface area contributed by atoms with Gasteiger partial charge in [-0.1, -0.05) is 36.6 Å². The van der Waals surface area contributed by atoms with E-state index in [9.17, 15) is 14.7 Å². The van der Waals surface area contributed by atoms with Crippen LogP contribution in [-0.2, 0) is 16.1 Å². The standard InChI is InChI=1S/C25H24N4O4/c1-2-15-33-20-8-6-18(7-9-20)23(30)21-22(19-5-3-10-26-16-19)29(25(32)24(21)31)13-4-12-28-14-11-27-17-28/h2-3,5-11,14,16-17,22H,1,4,12-13,15H2,(H,30,31). The Morgan fingerprint density at radius 2 is 2.09 bits per heavy atom. The number of aryl methyl sites for hydroxylation is 1. The number of ether oxygens (including phenoxy) is 1. The van der Waals surface area contributed by atoms with Crippen LogP contribution in [0.2, 0.25) is 0 Å². The van der Waals surface area contributed by atoms with Crippen LogP contribution in [0.5, 0.6) is 5.75 Å². The average Bonchev–Trinajstić information content (AvgIpc) is 3.45. The third-order valence-corrected chi connectivity index (χ3v) is 5.43. The monoisotopic (exact) mass is 444 g/mol. The summed E-state index contributed by atoms with van der Waals surface area (Å²) in [6.07, 6.45) is 11.0. The molecule has 1 amide bonds. The first-order valence-corrected chi connectivity index (χ1v) is 10.6. The molecule has 33 heavy (non-hydrogen) atoms. The van der Waals surface area contributed by atoms with E-state index in [2.05, 4.69) is 16.5 Å². The van der Waals surface area contributed by atoms with Crippen molar-refractivity contribution in [3.05, 3.63) is 96.9 Å². The van der Waals surface area contributed by atoms with Crippen molar-refractivity contribution in [2.24, 2.45) is 0 Å². The van der Waals surface area contributed by atoms with E-state index in [0.29, 0.717) is 43.0 Å². The number of Topliss-reactive ketones (excluding diaryl/α,β-unsaturated/α-hetero) is 1. The number of ketones is 1. The van der Waals surface area contributed by atoms with E-state index in [4.69, 9.17) is 4.74 Å². The van der Waals surface area contributed by atoms with Gasteiger partial charge in [-0.2, -0.15) is 0 Å². The van der Waals surface area contributed by atoms with Gasteiger partial charge >= 0.3 is 0 Å². The summed E-state index contributed by atoms with van der Waals surface area (Å²) in [5.74, 6) is -1.33. The maximum absolute atomic E-state index is 13.4. The number of hydrogen-bond donors (Lipinski definition) is 1. The minimum atomic E-state index is -0.779. The summed E-state index contributed by atoms with van der Waals surface area (Å²) < 4.78 is 7.41. The number of aromatic amines is 1. The normalized spacial score (nSPS) is 17.3. The number of nitrogens with one attached hydrogen (secondary N) is 1. The smallest absolute Gasteiger partial charge is 0.295 e. The van der Waals surface area contributed by atoms with Gasteiger partial charge < -0.3 is 14.7 Å². The van der Waals surface area contributed by atoms with Gasteiger partial charge in [0.15, 0.2) is 0 Å². The third kappa shape index (κ3) is 4.69. The van der Waals surface area contributed by atoms with Crippen LogP contribution in [0, 0.1) is 0 Å². The average molecular weight is 444 g/mol. The maximum atomic E-state index is 13.4. The Balaban J connectivity index is 1.66. The zero-order valence-electron chi connectivity index (χ0n) is 18.0. The SMILES string of the molecule is C=CCOc1ccc(/C([O-])=C2\C(=O)C(=O)N(CCC[n+]3cc[nH]c3)C2c2cccnc2)cc1. The predicted octanol–water partition coefficient (Wildman–Crippen LogP) is 1.58. The summed E-state index contributed by atoms with van der Waals surface area (Å²) in [5.41, 5.74) is 0.887. The minimum absolute atomic E-state index is 0.0537. The highest BCUT2D eigenvalue weighted by molar-refractivity contribution is 6.46. The van der Waals surface area contributed by atoms with E-state index < -0.39 is 23.5 Å². The molecule has 168 valence electrons. The molecule has 1 unspecified atom stereocenters. The number of amides is 1. The fourth-order valence-corrected chi connectivity index (χ4v) is 3.88. The molecule has 2 aromatic heterocycles. The van der Waals surface area contributed by atoms with E-state index in [1.165, 1.54) is 4.90 Å². The van der Waals surface area contributed by atoms with Crippen molar-refractivity contribution in [3.63, 3.8) is 0 Å². The molecule has 1 fully saturated rings. The molecule has 1 aromatic carbocycles. The summed E-state index contributed by atoms with van der Waals surface area (Å²) >= 11 is 0. The van der Waals surface area contributed by atoms with E-state index >= 15 is 0 Å². The van der Waals surface area contributed by atoms with Crippen molar-refractivity contribution >= 4 is 17.4 Å². The minimum Gasteiger partial charge on any atom is -0.872 e. The second kappa shape index (κ2) is 9.95. The molecule has 3 heterocycles. The summed E-state index contributed by atoms with van der Waals surface area (Å²) in [6, 6.07) is 9.22. The molecule has 8 nitrogen and oxygen atoms in total. The van der Waals surface area contributed by atoms with Gasteiger partial charge in [0.1, 0.15) is 24.8 Å². The topological polar surface area (TPSA) is 102 Å². The number of H-pyrrole nitrogens is 1. The summed E-state index contributed by atoms with van der Waals surface area (Å²) in [6.45, 7) is 4.94. The van der Waals surface area contributed by atoms with Gasteiger partial charge in [-0.05, 0) is 29.3 Å². The van der Waals surface area contributed by atoms with E-state index in [1.54, 1.807) is 61.1 Å². The molecule has 1 atom stereocenters. The number of carbonyl (C=O) groups is 2. The highest BCUT2D eigenvalue weighted by Gasteiger charge is 2.44. The lowest BCUT2D eigenvalue weighted by Crippen LogP contribution is -2.36. The van der Waals surface area contributed by atoms with Crippen LogP contribution in [0.25, 0.3) is 5.76 Å². The van der Waals surface area contributed by atoms with Crippen molar-refractivity contribution < 1.29 is 24.0 Å². The van der Waals surface area contributed by atoms with Crippen molar-refractivity contribution in [3.8, 4) is 5.75 Å². The van der Waals surface area contributed by atoms with Gasteiger partial charge in [-0.3, -0.25) is 19.6 Å². The number of pyridine rings is 1. The van der Waals surface area contributed by atoms with Crippen molar-refractivity contribution in [2.45, 2.75) is 19.0 Å². The Kier molecular flexibility index (Phi) is 6.64. The van der Waals surface area contributed by atoms with Crippen LogP contribution in [0.15, 0.2) is 85.7 Å². The molecule has 0 spiro atoms. The number of imidazole rings is 1. The van der Waals surface area contributed by atoms with E-state index in [0.717, 1.165) is 0 Å². The molecular weight excluding hydrogens is 420 g/mol. The molecule has 1 N–H and O–H groups in total. The molecule has 0 saturated carbocycles. The molecule has 8 heteroatoms. The van der Waals surface area contributed by atoms with Gasteiger partial charge in [0, 0.05) is 30.9 Å². The molecule has 1 aliphatic rings. The largest absolute Gasteiger partial charge is 0.872 e. The Morgan fingerprint density at radius 1 is 1.27 bits per heavy atom. The number of hydrogen-bond acceptors (Lipinski definition) is 5. The van der Waals surface area contributed by atoms with Crippen LogP contribution in [-0.4, -0.2) is 39.7 Å². The highest BCUT2D eigenvalue weighted by atomic mass is 16.5. The first-order chi connectivity index (χ1) is 16.1. The number of aromatic nitrogens is 3. The van der Waals surface area contributed by atoms with Gasteiger partial charge in [-0.15, -0.1) is 0 Å². The molecule has 3 aromatic rings. The number of benzene rings is 1. The third-order valence-electron chi connectivity index (χ3n) is 5.43. The zero-order valence-corrected chi connectivity index (χ0v) is 18.0. The first kappa shape index (κ1) is 22.0. The Labute approximate surface area is 191 Å². The van der Waals surface area contributed by atoms with Crippen molar-refractivity contribution in [1.29, 1.82) is 0 Å². The second-order valence-corrected chi connectivity index (χ2v) is 7.59. The van der Waals surface area contributed by atoms with E-state index in [-0.39, 0.29) is 5.57 Å². The lowest BCUT2D eigenvalue weighted by atomic mass is 9.96. The van der Waals surface area contributed by atoms with Gasteiger partial charge in [0.25, 0.3) is 5.91 Å². The van der Waals surface area contributed by atoms with Crippen LogP contribution >= 0.6 is 0 Å². The number of rotatable bonds is 9. The fraction of sp³-hybridized carbons (Fsp3) is 0.200. The van der Waals surface area contributed by atoms with Crippen LogP contribution < -0.4 is 14.4 Å². The molecule has 0 bridgehead atoms. The summed E-state index contributed by atoms with van der Waals surface area (Å²) in [5, 5.41) is 13.4. The van der Waals surface area contributed by atoms with Crippen molar-refractivity contribution in [2.75, 3.05) is 13.2 Å². The molecule has 1 aliphatic heterocycles. The lowest BCUT2D eigenvalue weighted by molar-refractivity contribution is -0.695. The Bertz CT molecular complexity index is 1150. The summed E-state index contributed by atoms with van der Waals surface area (Å²) in [4.78, 5) is 34.5. The molecular formula is C25H24N4O4. The molecule has 4 rings (SSSR count). The Hall–Kier alpha value is -4.20. The quantitative estimate of drug-likeness (QED) is 0.178.